The molecule has 28 heavy (non-hydrogen) atoms. The van der Waals surface area contributed by atoms with Crippen LogP contribution in [-0.4, -0.2) is 24.2 Å². The Morgan fingerprint density at radius 2 is 1.82 bits per heavy atom. The molecule has 0 atom stereocenters. The van der Waals surface area contributed by atoms with Crippen LogP contribution in [0.4, 0.5) is 23.1 Å². The first-order valence-corrected chi connectivity index (χ1v) is 9.30. The molecule has 0 amide bonds. The van der Waals surface area contributed by atoms with Gasteiger partial charge in [-0.3, -0.25) is 0 Å². The molecule has 2 aromatic carbocycles. The highest BCUT2D eigenvalue weighted by molar-refractivity contribution is 6.32. The van der Waals surface area contributed by atoms with E-state index in [9.17, 15) is 0 Å². The number of halogens is 1. The van der Waals surface area contributed by atoms with Crippen LogP contribution in [0.3, 0.4) is 0 Å². The number of aromatic nitrogens is 2. The lowest BCUT2D eigenvalue weighted by molar-refractivity contribution is 0.405. The number of rotatable bonds is 7. The molecular formula is C21H23ClN4O2. The van der Waals surface area contributed by atoms with Crippen LogP contribution in [0, 0.1) is 6.92 Å². The van der Waals surface area contributed by atoms with Crippen molar-refractivity contribution in [2.24, 2.45) is 0 Å². The summed E-state index contributed by atoms with van der Waals surface area (Å²) in [6.07, 6.45) is 2.62. The molecule has 0 spiro atoms. The Morgan fingerprint density at radius 1 is 1.04 bits per heavy atom. The van der Waals surface area contributed by atoms with Crippen molar-refractivity contribution in [2.45, 2.75) is 20.3 Å². The summed E-state index contributed by atoms with van der Waals surface area (Å²) in [6, 6.07) is 11.5. The van der Waals surface area contributed by atoms with Gasteiger partial charge in [0.1, 0.15) is 17.3 Å². The van der Waals surface area contributed by atoms with Gasteiger partial charge in [0.15, 0.2) is 0 Å². The van der Waals surface area contributed by atoms with E-state index >= 15 is 0 Å². The number of nitrogens with zero attached hydrogens (tertiary/aromatic N) is 2. The van der Waals surface area contributed by atoms with Gasteiger partial charge in [0.2, 0.25) is 5.95 Å². The van der Waals surface area contributed by atoms with Crippen molar-refractivity contribution >= 4 is 34.7 Å². The fraction of sp³-hybridized carbons (Fsp3) is 0.238. The Bertz CT molecular complexity index is 979. The molecule has 1 aromatic heterocycles. The number of para-hydroxylation sites is 1. The maximum atomic E-state index is 6.17. The summed E-state index contributed by atoms with van der Waals surface area (Å²) in [4.78, 5) is 8.91. The van der Waals surface area contributed by atoms with Gasteiger partial charge in [0.25, 0.3) is 0 Å². The minimum atomic E-state index is 0.474. The average molecular weight is 399 g/mol. The van der Waals surface area contributed by atoms with E-state index in [4.69, 9.17) is 21.1 Å². The molecule has 7 heteroatoms. The molecule has 1 heterocycles. The second kappa shape index (κ2) is 8.80. The maximum absolute atomic E-state index is 6.17. The number of methoxy groups -OCH3 is 2. The van der Waals surface area contributed by atoms with Crippen molar-refractivity contribution in [2.75, 3.05) is 24.9 Å². The van der Waals surface area contributed by atoms with E-state index in [2.05, 4.69) is 52.6 Å². The van der Waals surface area contributed by atoms with E-state index in [1.54, 1.807) is 38.6 Å². The second-order valence-corrected chi connectivity index (χ2v) is 6.57. The SMILES string of the molecule is CCc1cccc(C)c1Nc1nccc(Nc2cc(OC)c(Cl)cc2OC)n1. The molecule has 0 unspecified atom stereocenters. The summed E-state index contributed by atoms with van der Waals surface area (Å²) in [5.74, 6) is 2.26. The first-order valence-electron chi connectivity index (χ1n) is 8.92. The van der Waals surface area contributed by atoms with Crippen LogP contribution in [0.15, 0.2) is 42.6 Å². The average Bonchev–Trinajstić information content (AvgIpc) is 2.70. The van der Waals surface area contributed by atoms with Gasteiger partial charge in [0.05, 0.1) is 24.9 Å². The monoisotopic (exact) mass is 398 g/mol. The number of hydrogen-bond donors (Lipinski definition) is 2. The van der Waals surface area contributed by atoms with E-state index in [-0.39, 0.29) is 0 Å². The largest absolute Gasteiger partial charge is 0.495 e. The molecule has 0 aliphatic rings. The van der Waals surface area contributed by atoms with Crippen LogP contribution in [0.1, 0.15) is 18.1 Å². The lowest BCUT2D eigenvalue weighted by atomic mass is 10.1. The van der Waals surface area contributed by atoms with Crippen molar-refractivity contribution in [1.29, 1.82) is 0 Å². The third-order valence-electron chi connectivity index (χ3n) is 4.37. The molecule has 0 radical (unpaired) electrons. The maximum Gasteiger partial charge on any atom is 0.229 e. The number of nitrogens with one attached hydrogen (secondary N) is 2. The molecule has 0 saturated heterocycles. The summed E-state index contributed by atoms with van der Waals surface area (Å²) >= 11 is 6.17. The summed E-state index contributed by atoms with van der Waals surface area (Å²) in [5, 5.41) is 7.05. The van der Waals surface area contributed by atoms with Gasteiger partial charge in [-0.05, 0) is 30.5 Å². The van der Waals surface area contributed by atoms with Crippen LogP contribution in [0.2, 0.25) is 5.02 Å². The Kier molecular flexibility index (Phi) is 6.21. The normalized spacial score (nSPS) is 10.5. The van der Waals surface area contributed by atoms with Crippen LogP contribution < -0.4 is 20.1 Å². The third kappa shape index (κ3) is 4.28. The van der Waals surface area contributed by atoms with Gasteiger partial charge < -0.3 is 20.1 Å². The van der Waals surface area contributed by atoms with Crippen molar-refractivity contribution in [3.05, 3.63) is 58.7 Å². The molecule has 3 rings (SSSR count). The van der Waals surface area contributed by atoms with Crippen LogP contribution in [-0.2, 0) is 6.42 Å². The van der Waals surface area contributed by atoms with Gasteiger partial charge in [-0.25, -0.2) is 4.98 Å². The standard InChI is InChI=1S/C21H23ClN4O2/c1-5-14-8-6-7-13(2)20(14)26-21-23-10-9-19(25-21)24-16-12-17(27-3)15(22)11-18(16)28-4/h6-12H,5H2,1-4H3,(H2,23,24,25,26). The van der Waals surface area contributed by atoms with Gasteiger partial charge in [-0.2, -0.15) is 4.98 Å². The fourth-order valence-electron chi connectivity index (χ4n) is 2.90. The molecule has 6 nitrogen and oxygen atoms in total. The minimum Gasteiger partial charge on any atom is -0.495 e. The second-order valence-electron chi connectivity index (χ2n) is 6.17. The smallest absolute Gasteiger partial charge is 0.229 e. The first kappa shape index (κ1) is 19.8. The number of aryl methyl sites for hydroxylation is 2. The lowest BCUT2D eigenvalue weighted by Gasteiger charge is -2.15. The van der Waals surface area contributed by atoms with Gasteiger partial charge >= 0.3 is 0 Å². The van der Waals surface area contributed by atoms with Crippen molar-refractivity contribution < 1.29 is 9.47 Å². The van der Waals surface area contributed by atoms with Crippen molar-refractivity contribution in [1.82, 2.24) is 9.97 Å². The molecule has 3 aromatic rings. The zero-order valence-corrected chi connectivity index (χ0v) is 17.1. The van der Waals surface area contributed by atoms with E-state index in [0.717, 1.165) is 17.7 Å². The molecule has 146 valence electrons. The van der Waals surface area contributed by atoms with Gasteiger partial charge in [0, 0.05) is 24.0 Å². The number of ether oxygens (including phenoxy) is 2. The Labute approximate surface area is 169 Å². The Balaban J connectivity index is 1.89. The van der Waals surface area contributed by atoms with E-state index in [0.29, 0.717) is 34.0 Å². The summed E-state index contributed by atoms with van der Waals surface area (Å²) in [6.45, 7) is 4.19. The number of hydrogen-bond acceptors (Lipinski definition) is 6. The molecule has 0 aliphatic carbocycles. The lowest BCUT2D eigenvalue weighted by Crippen LogP contribution is -2.04. The molecule has 0 aliphatic heterocycles. The van der Waals surface area contributed by atoms with Crippen LogP contribution >= 0.6 is 11.6 Å². The highest BCUT2D eigenvalue weighted by Gasteiger charge is 2.12. The predicted octanol–water partition coefficient (Wildman–Crippen LogP) is 5.51. The van der Waals surface area contributed by atoms with Crippen molar-refractivity contribution in [3.8, 4) is 11.5 Å². The molecular weight excluding hydrogens is 376 g/mol. The topological polar surface area (TPSA) is 68.3 Å². The Hall–Kier alpha value is -2.99. The zero-order chi connectivity index (χ0) is 20.1. The van der Waals surface area contributed by atoms with E-state index in [1.807, 2.05) is 0 Å². The predicted molar refractivity (Wildman–Crippen MR) is 114 cm³/mol. The van der Waals surface area contributed by atoms with Crippen molar-refractivity contribution in [3.63, 3.8) is 0 Å². The van der Waals surface area contributed by atoms with Gasteiger partial charge in [-0.1, -0.05) is 36.7 Å². The minimum absolute atomic E-state index is 0.474. The summed E-state index contributed by atoms with van der Waals surface area (Å²) in [7, 11) is 3.15. The van der Waals surface area contributed by atoms with E-state index < -0.39 is 0 Å². The fourth-order valence-corrected chi connectivity index (χ4v) is 3.13. The first-order chi connectivity index (χ1) is 13.5. The third-order valence-corrected chi connectivity index (χ3v) is 4.66. The molecule has 0 fully saturated rings. The van der Waals surface area contributed by atoms with Crippen LogP contribution in [0.5, 0.6) is 11.5 Å². The number of benzene rings is 2. The van der Waals surface area contributed by atoms with Crippen LogP contribution in [0.25, 0.3) is 0 Å². The van der Waals surface area contributed by atoms with Gasteiger partial charge in [-0.15, -0.1) is 0 Å². The highest BCUT2D eigenvalue weighted by Crippen LogP contribution is 2.37. The molecule has 2 N–H and O–H groups in total. The highest BCUT2D eigenvalue weighted by atomic mass is 35.5. The Morgan fingerprint density at radius 3 is 2.54 bits per heavy atom. The van der Waals surface area contributed by atoms with E-state index in [1.165, 1.54) is 5.56 Å². The number of anilines is 4. The summed E-state index contributed by atoms with van der Waals surface area (Å²) < 4.78 is 10.7. The zero-order valence-electron chi connectivity index (χ0n) is 16.3. The quantitative estimate of drug-likeness (QED) is 0.547. The molecule has 0 bridgehead atoms. The summed E-state index contributed by atoms with van der Waals surface area (Å²) in [5.41, 5.74) is 4.09. The molecule has 0 saturated carbocycles.